The zero-order valence-electron chi connectivity index (χ0n) is 37.5. The minimum atomic E-state index is 0.181. The van der Waals surface area contributed by atoms with E-state index in [0.29, 0.717) is 53.9 Å². The molecule has 1 spiro atoms. The van der Waals surface area contributed by atoms with Crippen molar-refractivity contribution >= 4 is 46.5 Å². The van der Waals surface area contributed by atoms with Gasteiger partial charge in [0.1, 0.15) is 12.0 Å². The molecule has 3 aliphatic heterocycles. The lowest BCUT2D eigenvalue weighted by molar-refractivity contribution is -0.110. The molecule has 4 fully saturated rings. The minimum absolute atomic E-state index is 0.181. The Morgan fingerprint density at radius 3 is 2.43 bits per heavy atom. The van der Waals surface area contributed by atoms with Gasteiger partial charge in [-0.25, -0.2) is 0 Å². The molecular weight excluding hydrogens is 789 g/mol. The van der Waals surface area contributed by atoms with E-state index in [2.05, 4.69) is 108 Å². The topological polar surface area (TPSA) is 166 Å². The fourth-order valence-corrected chi connectivity index (χ4v) is 9.93. The van der Waals surface area contributed by atoms with E-state index in [-0.39, 0.29) is 5.75 Å². The molecule has 0 radical (unpaired) electrons. The van der Waals surface area contributed by atoms with Gasteiger partial charge in [-0.05, 0) is 156 Å². The molecule has 1 unspecified atom stereocenters. The number of benzene rings is 3. The van der Waals surface area contributed by atoms with Crippen LogP contribution in [0.25, 0.3) is 22.2 Å². The Bertz CT molecular complexity index is 2240. The number of aldehydes is 1. The number of anilines is 4. The van der Waals surface area contributed by atoms with E-state index in [4.69, 9.17) is 5.73 Å². The number of aryl methyl sites for hydroxylation is 2. The Labute approximate surface area is 373 Å². The Morgan fingerprint density at radius 1 is 0.937 bits per heavy atom. The molecule has 1 amide bonds. The van der Waals surface area contributed by atoms with Crippen LogP contribution in [-0.4, -0.2) is 103 Å². The molecule has 5 aromatic rings. The number of nitrogens with two attached hydrogens (primary N) is 1. The molecule has 7 N–H and O–H groups in total. The number of aromatic hydroxyl groups is 1. The molecule has 9 rings (SSSR count). The van der Waals surface area contributed by atoms with Crippen LogP contribution >= 0.6 is 0 Å². The summed E-state index contributed by atoms with van der Waals surface area (Å²) in [5.74, 6) is 1.42. The lowest BCUT2D eigenvalue weighted by Crippen LogP contribution is -2.49. The van der Waals surface area contributed by atoms with Crippen LogP contribution in [0.3, 0.4) is 0 Å². The highest BCUT2D eigenvalue weighted by Gasteiger charge is 2.46. The average molecular weight is 857 g/mol. The Hall–Kier alpha value is -5.66. The number of phenols is 1. The van der Waals surface area contributed by atoms with E-state index in [0.717, 1.165) is 37.4 Å². The van der Waals surface area contributed by atoms with Crippen LogP contribution in [0.15, 0.2) is 79.0 Å². The van der Waals surface area contributed by atoms with Gasteiger partial charge in [0.2, 0.25) is 6.41 Å². The third-order valence-electron chi connectivity index (χ3n) is 13.7. The van der Waals surface area contributed by atoms with Crippen molar-refractivity contribution in [1.29, 1.82) is 0 Å². The summed E-state index contributed by atoms with van der Waals surface area (Å²) in [5.41, 5.74) is 15.3. The molecule has 2 aromatic heterocycles. The first-order valence-corrected chi connectivity index (χ1v) is 23.0. The van der Waals surface area contributed by atoms with Crippen molar-refractivity contribution < 1.29 is 14.7 Å². The molecule has 63 heavy (non-hydrogen) atoms. The van der Waals surface area contributed by atoms with Gasteiger partial charge in [0.15, 0.2) is 5.82 Å². The maximum atomic E-state index is 9.90. The Morgan fingerprint density at radius 2 is 1.73 bits per heavy atom. The molecule has 5 heterocycles. The molecular formula is C50H68N10O3. The molecule has 4 aliphatic rings. The number of phenolic OH excluding ortho intramolecular Hbond substituents is 1. The second-order valence-corrected chi connectivity index (χ2v) is 18.1. The van der Waals surface area contributed by atoms with Gasteiger partial charge >= 0.3 is 0 Å². The first-order valence-electron chi connectivity index (χ1n) is 23.0. The van der Waals surface area contributed by atoms with Gasteiger partial charge in [-0.3, -0.25) is 4.79 Å². The van der Waals surface area contributed by atoms with E-state index in [1.165, 1.54) is 111 Å². The molecule has 1 aliphatic carbocycles. The molecule has 1 atom stereocenters. The quantitative estimate of drug-likeness (QED) is 0.0512. The first-order chi connectivity index (χ1) is 30.7. The van der Waals surface area contributed by atoms with Crippen LogP contribution in [-0.2, 0) is 9.59 Å². The number of carbonyl (C=O) groups is 2. The van der Waals surface area contributed by atoms with Crippen molar-refractivity contribution in [2.75, 3.05) is 80.7 Å². The van der Waals surface area contributed by atoms with Crippen LogP contribution < -0.4 is 31.9 Å². The van der Waals surface area contributed by atoms with E-state index in [1.807, 2.05) is 19.2 Å². The van der Waals surface area contributed by atoms with E-state index in [1.54, 1.807) is 18.2 Å². The highest BCUT2D eigenvalue weighted by molar-refractivity contribution is 5.87. The number of aromatic nitrogens is 3. The number of hydrogen-bond acceptors (Lipinski definition) is 11. The molecule has 3 saturated heterocycles. The van der Waals surface area contributed by atoms with Crippen molar-refractivity contribution in [2.45, 2.75) is 83.7 Å². The number of fused-ring (bicyclic) bond motifs is 1. The van der Waals surface area contributed by atoms with Crippen molar-refractivity contribution in [3.8, 4) is 17.0 Å². The number of rotatable bonds is 13. The van der Waals surface area contributed by atoms with E-state index >= 15 is 0 Å². The van der Waals surface area contributed by atoms with Gasteiger partial charge in [-0.15, -0.1) is 10.2 Å². The number of amides is 1. The fraction of sp³-hybridized carbons (Fsp3) is 0.480. The van der Waals surface area contributed by atoms with Crippen LogP contribution in [0, 0.1) is 25.2 Å². The summed E-state index contributed by atoms with van der Waals surface area (Å²) in [7, 11) is 2.00. The second kappa shape index (κ2) is 21.6. The summed E-state index contributed by atoms with van der Waals surface area (Å²) in [6, 6.07) is 25.9. The summed E-state index contributed by atoms with van der Waals surface area (Å²) >= 11 is 0. The third-order valence-corrected chi connectivity index (χ3v) is 13.7. The fourth-order valence-electron chi connectivity index (χ4n) is 9.93. The summed E-state index contributed by atoms with van der Waals surface area (Å²) in [5, 5.41) is 31.7. The zero-order chi connectivity index (χ0) is 44.2. The summed E-state index contributed by atoms with van der Waals surface area (Å²) in [6.07, 6.45) is 14.7. The number of para-hydroxylation sites is 1. The number of carbonyl (C=O) groups excluding carboxylic acids is 2. The lowest BCUT2D eigenvalue weighted by Gasteiger charge is -2.53. The number of piperidine rings is 2. The highest BCUT2D eigenvalue weighted by atomic mass is 16.3. The molecule has 13 nitrogen and oxygen atoms in total. The molecule has 13 heteroatoms. The molecule has 1 saturated carbocycles. The number of nitrogens with zero attached hydrogens (tertiary/aromatic N) is 5. The summed E-state index contributed by atoms with van der Waals surface area (Å²) < 4.78 is 2.59. The molecule has 3 aromatic carbocycles. The van der Waals surface area contributed by atoms with Gasteiger partial charge in [0.25, 0.3) is 0 Å². The lowest BCUT2D eigenvalue weighted by atomic mass is 9.60. The van der Waals surface area contributed by atoms with Crippen molar-refractivity contribution in [2.24, 2.45) is 11.3 Å². The van der Waals surface area contributed by atoms with Crippen LogP contribution in [0.1, 0.15) is 75.0 Å². The van der Waals surface area contributed by atoms with Crippen LogP contribution in [0.4, 0.5) is 22.9 Å². The largest absolute Gasteiger partial charge is 0.507 e. The van der Waals surface area contributed by atoms with E-state index < -0.39 is 0 Å². The number of nitrogen functional groups attached to an aromatic ring is 1. The van der Waals surface area contributed by atoms with Gasteiger partial charge in [-0.1, -0.05) is 24.3 Å². The standard InChI is InChI=1S/C31H42N4.C15H19N5O.C4H7NO2/c1-23-5-4-6-27(17-23)34-13-9-25(10-14-34)22-33-15-11-31(12-16-33)19-28(20-31)35-21-24(2)29-18-26(32-3)7-8-30(29)35;16-15-13(18-9-10-4-3-7-17-10)8-12(19-20-15)11-5-1-2-6-14(11)21;6-3-1-2-5-4-7/h4-8,17-18,21,25,28,32H,9-16,19-20,22H2,1-3H3;1-2,5-6,8,10,17,21H,3-4,7,9H2,(H2,16,20)(H,18,19);3-4H,1-2H2,(H,5,7). The number of hydrogen-bond donors (Lipinski definition) is 6. The summed E-state index contributed by atoms with van der Waals surface area (Å²) in [4.78, 5) is 24.4. The maximum Gasteiger partial charge on any atom is 0.207 e. The van der Waals surface area contributed by atoms with Gasteiger partial charge in [-0.2, -0.15) is 0 Å². The van der Waals surface area contributed by atoms with Crippen LogP contribution in [0.2, 0.25) is 0 Å². The highest BCUT2D eigenvalue weighted by Crippen LogP contribution is 2.55. The van der Waals surface area contributed by atoms with Gasteiger partial charge < -0.3 is 51.3 Å². The smallest absolute Gasteiger partial charge is 0.207 e. The minimum Gasteiger partial charge on any atom is -0.507 e. The Kier molecular flexibility index (Phi) is 15.6. The SMILES string of the molecule is CNc1ccc2c(c1)c(C)cn2C1CC2(CCN(CC3CCN(c4cccc(C)c4)CC3)CC2)C1.Nc1nnc(-c2ccccc2O)cc1NCC1CCCN1.O=CCCNC=O. The normalized spacial score (nSPS) is 18.7. The third kappa shape index (κ3) is 11.7. The first kappa shape index (κ1) is 45.4. The maximum absolute atomic E-state index is 9.90. The number of likely N-dealkylation sites (tertiary alicyclic amines) is 1. The summed E-state index contributed by atoms with van der Waals surface area (Å²) in [6.45, 7) is 13.1. The van der Waals surface area contributed by atoms with E-state index in [9.17, 15) is 14.7 Å². The number of nitrogens with one attached hydrogen (secondary N) is 4. The predicted octanol–water partition coefficient (Wildman–Crippen LogP) is 7.55. The monoisotopic (exact) mass is 857 g/mol. The van der Waals surface area contributed by atoms with Gasteiger partial charge in [0.05, 0.1) is 11.4 Å². The predicted molar refractivity (Wildman–Crippen MR) is 257 cm³/mol. The second-order valence-electron chi connectivity index (χ2n) is 18.1. The Balaban J connectivity index is 0.000000180. The van der Waals surface area contributed by atoms with Crippen molar-refractivity contribution in [3.05, 3.63) is 90.1 Å². The zero-order valence-corrected chi connectivity index (χ0v) is 37.5. The van der Waals surface area contributed by atoms with Gasteiger partial charge in [0, 0.05) is 92.3 Å². The molecule has 336 valence electrons. The average Bonchev–Trinajstić information content (AvgIpc) is 3.94. The molecule has 0 bridgehead atoms. The van der Waals surface area contributed by atoms with Crippen molar-refractivity contribution in [3.63, 3.8) is 0 Å². The van der Waals surface area contributed by atoms with Crippen LogP contribution in [0.5, 0.6) is 5.75 Å². The van der Waals surface area contributed by atoms with Crippen molar-refractivity contribution in [1.82, 2.24) is 30.3 Å².